The van der Waals surface area contributed by atoms with E-state index in [1.165, 1.54) is 0 Å². The van der Waals surface area contributed by atoms with Gasteiger partial charge >= 0.3 is 6.03 Å². The summed E-state index contributed by atoms with van der Waals surface area (Å²) in [6.07, 6.45) is 5.96. The molecule has 0 bridgehead atoms. The van der Waals surface area contributed by atoms with Gasteiger partial charge in [-0.15, -0.1) is 0 Å². The van der Waals surface area contributed by atoms with Crippen molar-refractivity contribution in [3.8, 4) is 0 Å². The van der Waals surface area contributed by atoms with E-state index in [-0.39, 0.29) is 37.0 Å². The zero-order chi connectivity index (χ0) is 16.7. The largest absolute Gasteiger partial charge is 0.376 e. The van der Waals surface area contributed by atoms with Gasteiger partial charge in [0.25, 0.3) is 0 Å². The van der Waals surface area contributed by atoms with Gasteiger partial charge in [-0.3, -0.25) is 9.48 Å². The molecule has 0 radical (unpaired) electrons. The predicted octanol–water partition coefficient (Wildman–Crippen LogP) is 1.10. The zero-order valence-corrected chi connectivity index (χ0v) is 13.7. The summed E-state index contributed by atoms with van der Waals surface area (Å²) in [6.45, 7) is 5.58. The Morgan fingerprint density at radius 2 is 2.30 bits per heavy atom. The van der Waals surface area contributed by atoms with Crippen molar-refractivity contribution in [2.45, 2.75) is 51.8 Å². The summed E-state index contributed by atoms with van der Waals surface area (Å²) in [4.78, 5) is 23.2. The molecule has 8 heteroatoms. The van der Waals surface area contributed by atoms with Crippen LogP contribution in [0.5, 0.6) is 0 Å². The SMILES string of the molecule is CC(C)NC(=O)CCNC(=O)Nc1cnn(CC2CCCO2)c1. The lowest BCUT2D eigenvalue weighted by Crippen LogP contribution is -2.35. The third-order valence-corrected chi connectivity index (χ3v) is 3.39. The maximum atomic E-state index is 11.8. The molecule has 1 aromatic heterocycles. The van der Waals surface area contributed by atoms with E-state index in [2.05, 4.69) is 21.0 Å². The van der Waals surface area contributed by atoms with Crippen molar-refractivity contribution in [3.63, 3.8) is 0 Å². The summed E-state index contributed by atoms with van der Waals surface area (Å²) in [5.41, 5.74) is 0.618. The Balaban J connectivity index is 1.66. The van der Waals surface area contributed by atoms with Crippen molar-refractivity contribution in [2.75, 3.05) is 18.5 Å². The number of anilines is 1. The fourth-order valence-electron chi connectivity index (χ4n) is 2.38. The highest BCUT2D eigenvalue weighted by Gasteiger charge is 2.16. The molecule has 0 aliphatic carbocycles. The molecule has 8 nitrogen and oxygen atoms in total. The summed E-state index contributed by atoms with van der Waals surface area (Å²) < 4.78 is 7.32. The van der Waals surface area contributed by atoms with Crippen LogP contribution < -0.4 is 16.0 Å². The van der Waals surface area contributed by atoms with Crippen LogP contribution in [0.1, 0.15) is 33.1 Å². The molecule has 0 aromatic carbocycles. The Morgan fingerprint density at radius 1 is 1.48 bits per heavy atom. The molecule has 23 heavy (non-hydrogen) atoms. The first-order chi connectivity index (χ1) is 11.0. The standard InChI is InChI=1S/C15H25N5O3/c1-11(2)18-14(21)5-6-16-15(22)19-12-8-17-20(9-12)10-13-4-3-7-23-13/h8-9,11,13H,3-7,10H2,1-2H3,(H,18,21)(H2,16,19,22). The van der Waals surface area contributed by atoms with Crippen molar-refractivity contribution in [1.82, 2.24) is 20.4 Å². The van der Waals surface area contributed by atoms with Gasteiger partial charge in [-0.05, 0) is 26.7 Å². The lowest BCUT2D eigenvalue weighted by molar-refractivity contribution is -0.121. The van der Waals surface area contributed by atoms with Gasteiger partial charge in [0.05, 0.1) is 24.5 Å². The van der Waals surface area contributed by atoms with Gasteiger partial charge < -0.3 is 20.7 Å². The third kappa shape index (κ3) is 6.27. The van der Waals surface area contributed by atoms with Crippen molar-refractivity contribution in [1.29, 1.82) is 0 Å². The lowest BCUT2D eigenvalue weighted by atomic mass is 10.2. The quantitative estimate of drug-likeness (QED) is 0.700. The molecule has 1 fully saturated rings. The van der Waals surface area contributed by atoms with Crippen molar-refractivity contribution >= 4 is 17.6 Å². The monoisotopic (exact) mass is 323 g/mol. The van der Waals surface area contributed by atoms with Crippen LogP contribution in [0, 0.1) is 0 Å². The lowest BCUT2D eigenvalue weighted by Gasteiger charge is -2.09. The average molecular weight is 323 g/mol. The molecule has 1 aliphatic heterocycles. The molecule has 2 rings (SSSR count). The molecule has 3 amide bonds. The average Bonchev–Trinajstić information content (AvgIpc) is 3.10. The summed E-state index contributed by atoms with van der Waals surface area (Å²) in [5, 5.41) is 12.3. The first-order valence-corrected chi connectivity index (χ1v) is 8.01. The fraction of sp³-hybridized carbons (Fsp3) is 0.667. The van der Waals surface area contributed by atoms with E-state index in [0.29, 0.717) is 12.2 Å². The van der Waals surface area contributed by atoms with E-state index in [4.69, 9.17) is 4.74 Å². The van der Waals surface area contributed by atoms with Crippen LogP contribution in [-0.4, -0.2) is 47.0 Å². The number of carbonyl (C=O) groups is 2. The predicted molar refractivity (Wildman–Crippen MR) is 86.1 cm³/mol. The minimum Gasteiger partial charge on any atom is -0.376 e. The van der Waals surface area contributed by atoms with Crippen molar-refractivity contribution < 1.29 is 14.3 Å². The van der Waals surface area contributed by atoms with Gasteiger partial charge in [0.2, 0.25) is 5.91 Å². The molecule has 1 saturated heterocycles. The van der Waals surface area contributed by atoms with E-state index in [0.717, 1.165) is 19.4 Å². The van der Waals surface area contributed by atoms with E-state index < -0.39 is 0 Å². The molecule has 0 saturated carbocycles. The zero-order valence-electron chi connectivity index (χ0n) is 13.7. The highest BCUT2D eigenvalue weighted by atomic mass is 16.5. The number of rotatable bonds is 7. The summed E-state index contributed by atoms with van der Waals surface area (Å²) >= 11 is 0. The van der Waals surface area contributed by atoms with Crippen LogP contribution in [0.4, 0.5) is 10.5 Å². The normalized spacial score (nSPS) is 17.3. The molecule has 2 heterocycles. The Labute approximate surface area is 135 Å². The number of nitrogens with one attached hydrogen (secondary N) is 3. The molecular formula is C15H25N5O3. The highest BCUT2D eigenvalue weighted by Crippen LogP contribution is 2.14. The van der Waals surface area contributed by atoms with Crippen LogP contribution in [0.3, 0.4) is 0 Å². The van der Waals surface area contributed by atoms with E-state index in [9.17, 15) is 9.59 Å². The van der Waals surface area contributed by atoms with Gasteiger partial charge in [-0.2, -0.15) is 5.10 Å². The molecule has 3 N–H and O–H groups in total. The highest BCUT2D eigenvalue weighted by molar-refractivity contribution is 5.89. The minimum absolute atomic E-state index is 0.0790. The second-order valence-corrected chi connectivity index (χ2v) is 5.94. The smallest absolute Gasteiger partial charge is 0.319 e. The third-order valence-electron chi connectivity index (χ3n) is 3.39. The number of ether oxygens (including phenoxy) is 1. The second-order valence-electron chi connectivity index (χ2n) is 5.94. The Kier molecular flexibility index (Phi) is 6.40. The number of nitrogens with zero attached hydrogens (tertiary/aromatic N) is 2. The van der Waals surface area contributed by atoms with E-state index >= 15 is 0 Å². The maximum Gasteiger partial charge on any atom is 0.319 e. The van der Waals surface area contributed by atoms with Gasteiger partial charge in [-0.25, -0.2) is 4.79 Å². The molecule has 1 unspecified atom stereocenters. The first-order valence-electron chi connectivity index (χ1n) is 8.01. The van der Waals surface area contributed by atoms with Crippen LogP contribution in [0.15, 0.2) is 12.4 Å². The topological polar surface area (TPSA) is 97.3 Å². The molecule has 1 atom stereocenters. The number of urea groups is 1. The molecular weight excluding hydrogens is 298 g/mol. The van der Waals surface area contributed by atoms with Crippen molar-refractivity contribution in [2.24, 2.45) is 0 Å². The van der Waals surface area contributed by atoms with Crippen LogP contribution in [0.2, 0.25) is 0 Å². The van der Waals surface area contributed by atoms with Gasteiger partial charge in [0.15, 0.2) is 0 Å². The summed E-state index contributed by atoms with van der Waals surface area (Å²) in [5.74, 6) is -0.0790. The van der Waals surface area contributed by atoms with E-state index in [1.54, 1.807) is 17.1 Å². The maximum absolute atomic E-state index is 11.8. The van der Waals surface area contributed by atoms with Crippen molar-refractivity contribution in [3.05, 3.63) is 12.4 Å². The number of amides is 3. The number of carbonyl (C=O) groups excluding carboxylic acids is 2. The van der Waals surface area contributed by atoms with E-state index in [1.807, 2.05) is 13.8 Å². The second kappa shape index (κ2) is 8.52. The minimum atomic E-state index is -0.348. The summed E-state index contributed by atoms with van der Waals surface area (Å²) in [7, 11) is 0. The van der Waals surface area contributed by atoms with Gasteiger partial charge in [0, 0.05) is 31.8 Å². The Morgan fingerprint density at radius 3 is 3.00 bits per heavy atom. The van der Waals surface area contributed by atoms with Crippen LogP contribution in [0.25, 0.3) is 0 Å². The Hall–Kier alpha value is -2.09. The van der Waals surface area contributed by atoms with Gasteiger partial charge in [-0.1, -0.05) is 0 Å². The molecule has 128 valence electrons. The first kappa shape index (κ1) is 17.3. The summed E-state index contributed by atoms with van der Waals surface area (Å²) in [6, 6.07) is -0.245. The Bertz CT molecular complexity index is 523. The molecule has 0 spiro atoms. The van der Waals surface area contributed by atoms with Crippen LogP contribution >= 0.6 is 0 Å². The molecule has 1 aliphatic rings. The van der Waals surface area contributed by atoms with Gasteiger partial charge in [0.1, 0.15) is 0 Å². The number of aromatic nitrogens is 2. The van der Waals surface area contributed by atoms with Crippen LogP contribution in [-0.2, 0) is 16.1 Å². The number of hydrogen-bond acceptors (Lipinski definition) is 4. The fourth-order valence-corrected chi connectivity index (χ4v) is 2.38. The number of hydrogen-bond donors (Lipinski definition) is 3. The molecule has 1 aromatic rings.